The van der Waals surface area contributed by atoms with Gasteiger partial charge in [0.1, 0.15) is 0 Å². The molecule has 1 heterocycles. The lowest BCUT2D eigenvalue weighted by Gasteiger charge is -2.06. The van der Waals surface area contributed by atoms with Gasteiger partial charge < -0.3 is 5.32 Å². The van der Waals surface area contributed by atoms with Crippen molar-refractivity contribution in [3.63, 3.8) is 0 Å². The molecule has 0 aliphatic heterocycles. The van der Waals surface area contributed by atoms with Crippen LogP contribution >= 0.6 is 0 Å². The summed E-state index contributed by atoms with van der Waals surface area (Å²) in [6, 6.07) is 9.85. The van der Waals surface area contributed by atoms with Gasteiger partial charge in [-0.25, -0.2) is 13.6 Å². The first kappa shape index (κ1) is 12.5. The van der Waals surface area contributed by atoms with E-state index in [1.54, 1.807) is 24.4 Å². The van der Waals surface area contributed by atoms with Gasteiger partial charge >= 0.3 is 0 Å². The van der Waals surface area contributed by atoms with E-state index in [-0.39, 0.29) is 4.90 Å². The molecule has 2 aromatic rings. The Bertz CT molecular complexity index is 611. The molecule has 0 spiro atoms. The summed E-state index contributed by atoms with van der Waals surface area (Å²) in [5, 5.41) is 15.8. The molecule has 0 saturated carbocycles. The molecule has 0 amide bonds. The smallest absolute Gasteiger partial charge is 0.238 e. The number of benzene rings is 1. The highest BCUT2D eigenvalue weighted by atomic mass is 32.2. The number of nitrogens with one attached hydrogen (secondary N) is 1. The van der Waals surface area contributed by atoms with Gasteiger partial charge in [-0.2, -0.15) is 10.2 Å². The molecule has 94 valence electrons. The van der Waals surface area contributed by atoms with Crippen LogP contribution in [-0.4, -0.2) is 18.6 Å². The molecule has 0 radical (unpaired) electrons. The normalized spacial score (nSPS) is 11.2. The van der Waals surface area contributed by atoms with Crippen molar-refractivity contribution in [1.82, 2.24) is 10.2 Å². The van der Waals surface area contributed by atoms with E-state index in [1.807, 2.05) is 6.07 Å². The summed E-state index contributed by atoms with van der Waals surface area (Å²) in [5.41, 5.74) is 1.58. The lowest BCUT2D eigenvalue weighted by atomic mass is 10.3. The maximum Gasteiger partial charge on any atom is 0.238 e. The van der Waals surface area contributed by atoms with Gasteiger partial charge in [-0.3, -0.25) is 0 Å². The Morgan fingerprint density at radius 3 is 2.44 bits per heavy atom. The Labute approximate surface area is 105 Å². The second-order valence-corrected chi connectivity index (χ2v) is 5.20. The molecular formula is C11H12N4O2S. The first-order valence-electron chi connectivity index (χ1n) is 5.19. The van der Waals surface area contributed by atoms with Crippen molar-refractivity contribution in [1.29, 1.82) is 0 Å². The zero-order chi connectivity index (χ0) is 13.0. The highest BCUT2D eigenvalue weighted by molar-refractivity contribution is 7.89. The van der Waals surface area contributed by atoms with Crippen molar-refractivity contribution >= 4 is 15.7 Å². The van der Waals surface area contributed by atoms with Gasteiger partial charge in [0.2, 0.25) is 10.0 Å². The first-order valence-corrected chi connectivity index (χ1v) is 6.74. The van der Waals surface area contributed by atoms with E-state index in [1.165, 1.54) is 12.1 Å². The molecular weight excluding hydrogens is 252 g/mol. The van der Waals surface area contributed by atoms with Crippen LogP contribution in [0.3, 0.4) is 0 Å². The number of aromatic nitrogens is 2. The molecule has 3 N–H and O–H groups in total. The van der Waals surface area contributed by atoms with Gasteiger partial charge in [0, 0.05) is 11.9 Å². The molecule has 18 heavy (non-hydrogen) atoms. The van der Waals surface area contributed by atoms with Gasteiger partial charge in [0.25, 0.3) is 0 Å². The van der Waals surface area contributed by atoms with E-state index in [4.69, 9.17) is 5.14 Å². The minimum absolute atomic E-state index is 0.0903. The molecule has 1 aromatic heterocycles. The monoisotopic (exact) mass is 264 g/mol. The minimum Gasteiger partial charge on any atom is -0.379 e. The third-order valence-corrected chi connectivity index (χ3v) is 3.21. The van der Waals surface area contributed by atoms with Gasteiger partial charge in [-0.15, -0.1) is 0 Å². The van der Waals surface area contributed by atoms with E-state index in [0.29, 0.717) is 6.54 Å². The topological polar surface area (TPSA) is 98.0 Å². The van der Waals surface area contributed by atoms with Crippen molar-refractivity contribution in [3.05, 3.63) is 48.3 Å². The van der Waals surface area contributed by atoms with Crippen LogP contribution in [-0.2, 0) is 16.6 Å². The molecule has 0 atom stereocenters. The van der Waals surface area contributed by atoms with E-state index >= 15 is 0 Å². The maximum absolute atomic E-state index is 11.1. The largest absolute Gasteiger partial charge is 0.379 e. The van der Waals surface area contributed by atoms with Crippen molar-refractivity contribution in [2.24, 2.45) is 5.14 Å². The average molecular weight is 264 g/mol. The fourth-order valence-electron chi connectivity index (χ4n) is 1.38. The zero-order valence-corrected chi connectivity index (χ0v) is 10.3. The molecule has 6 nitrogen and oxygen atoms in total. The number of hydrogen-bond donors (Lipinski definition) is 2. The van der Waals surface area contributed by atoms with Gasteiger partial charge in [0.05, 0.1) is 17.1 Å². The SMILES string of the molecule is NS(=O)(=O)c1ccc(NCc2cccnn2)cc1. The van der Waals surface area contributed by atoms with Crippen molar-refractivity contribution in [2.75, 3.05) is 5.32 Å². The molecule has 0 aliphatic carbocycles. The molecule has 1 aromatic carbocycles. The summed E-state index contributed by atoms with van der Waals surface area (Å²) in [5.74, 6) is 0. The second-order valence-electron chi connectivity index (χ2n) is 3.64. The van der Waals surface area contributed by atoms with Crippen molar-refractivity contribution < 1.29 is 8.42 Å². The number of primary sulfonamides is 1. The second kappa shape index (κ2) is 5.11. The van der Waals surface area contributed by atoms with Gasteiger partial charge in [0.15, 0.2) is 0 Å². The van der Waals surface area contributed by atoms with Crippen LogP contribution in [0.2, 0.25) is 0 Å². The van der Waals surface area contributed by atoms with Crippen molar-refractivity contribution in [3.8, 4) is 0 Å². The summed E-state index contributed by atoms with van der Waals surface area (Å²) >= 11 is 0. The van der Waals surface area contributed by atoms with E-state index in [2.05, 4.69) is 15.5 Å². The van der Waals surface area contributed by atoms with Crippen LogP contribution in [0.15, 0.2) is 47.5 Å². The van der Waals surface area contributed by atoms with Crippen LogP contribution in [0.1, 0.15) is 5.69 Å². The third kappa shape index (κ3) is 3.25. The highest BCUT2D eigenvalue weighted by Gasteiger charge is 2.06. The summed E-state index contributed by atoms with van der Waals surface area (Å²) < 4.78 is 22.1. The standard InChI is InChI=1S/C11H12N4O2S/c12-18(16,17)11-5-3-9(4-6-11)13-8-10-2-1-7-14-15-10/h1-7,13H,8H2,(H2,12,16,17). The summed E-state index contributed by atoms with van der Waals surface area (Å²) in [6.45, 7) is 0.516. The summed E-state index contributed by atoms with van der Waals surface area (Å²) in [7, 11) is -3.64. The van der Waals surface area contributed by atoms with Crippen LogP contribution in [0.25, 0.3) is 0 Å². The predicted octanol–water partition coefficient (Wildman–Crippen LogP) is 0.736. The maximum atomic E-state index is 11.1. The Morgan fingerprint density at radius 1 is 1.17 bits per heavy atom. The Kier molecular flexibility index (Phi) is 3.54. The van der Waals surface area contributed by atoms with Gasteiger partial charge in [-0.1, -0.05) is 0 Å². The first-order chi connectivity index (χ1) is 8.55. The quantitative estimate of drug-likeness (QED) is 0.848. The number of rotatable bonds is 4. The number of anilines is 1. The Morgan fingerprint density at radius 2 is 1.89 bits per heavy atom. The fourth-order valence-corrected chi connectivity index (χ4v) is 1.90. The van der Waals surface area contributed by atoms with Gasteiger partial charge in [-0.05, 0) is 36.4 Å². The van der Waals surface area contributed by atoms with Crippen molar-refractivity contribution in [2.45, 2.75) is 11.4 Å². The third-order valence-electron chi connectivity index (χ3n) is 2.28. The van der Waals surface area contributed by atoms with E-state index in [0.717, 1.165) is 11.4 Å². The van der Waals surface area contributed by atoms with E-state index in [9.17, 15) is 8.42 Å². The van der Waals surface area contributed by atoms with Crippen LogP contribution < -0.4 is 10.5 Å². The molecule has 0 unspecified atom stereocenters. The van der Waals surface area contributed by atoms with E-state index < -0.39 is 10.0 Å². The Hall–Kier alpha value is -1.99. The summed E-state index contributed by atoms with van der Waals surface area (Å²) in [6.07, 6.45) is 1.60. The lowest BCUT2D eigenvalue weighted by molar-refractivity contribution is 0.598. The molecule has 2 rings (SSSR count). The molecule has 0 aliphatic rings. The fraction of sp³-hybridized carbons (Fsp3) is 0.0909. The van der Waals surface area contributed by atoms with Crippen LogP contribution in [0.5, 0.6) is 0 Å². The molecule has 7 heteroatoms. The Balaban J connectivity index is 2.03. The average Bonchev–Trinajstić information content (AvgIpc) is 2.37. The van der Waals surface area contributed by atoms with Crippen LogP contribution in [0, 0.1) is 0 Å². The summed E-state index contributed by atoms with van der Waals surface area (Å²) in [4.78, 5) is 0.0903. The predicted molar refractivity (Wildman–Crippen MR) is 67.2 cm³/mol. The molecule has 0 bridgehead atoms. The molecule has 0 saturated heterocycles. The number of hydrogen-bond acceptors (Lipinski definition) is 5. The molecule has 0 fully saturated rings. The highest BCUT2D eigenvalue weighted by Crippen LogP contribution is 2.13. The number of nitrogens with zero attached hydrogens (tertiary/aromatic N) is 2. The number of sulfonamides is 1. The lowest BCUT2D eigenvalue weighted by Crippen LogP contribution is -2.12. The van der Waals surface area contributed by atoms with Crippen LogP contribution in [0.4, 0.5) is 5.69 Å². The minimum atomic E-state index is -3.64. The number of nitrogens with two attached hydrogens (primary N) is 1. The zero-order valence-electron chi connectivity index (χ0n) is 9.45.